The highest BCUT2D eigenvalue weighted by atomic mass is 19.2. The zero-order valence-corrected chi connectivity index (χ0v) is 11.6. The van der Waals surface area contributed by atoms with Crippen LogP contribution in [0.2, 0.25) is 0 Å². The molecule has 2 rings (SSSR count). The first-order valence-corrected chi connectivity index (χ1v) is 6.42. The summed E-state index contributed by atoms with van der Waals surface area (Å²) in [6, 6.07) is 11.3. The number of rotatable bonds is 4. The van der Waals surface area contributed by atoms with Crippen LogP contribution in [0.1, 0.15) is 12.5 Å². The van der Waals surface area contributed by atoms with Crippen molar-refractivity contribution >= 4 is 11.6 Å². The van der Waals surface area contributed by atoms with Gasteiger partial charge in [-0.2, -0.15) is 5.26 Å². The van der Waals surface area contributed by atoms with Gasteiger partial charge in [0.05, 0.1) is 11.6 Å². The lowest BCUT2D eigenvalue weighted by Gasteiger charge is -2.14. The van der Waals surface area contributed by atoms with Crippen LogP contribution in [-0.4, -0.2) is 12.0 Å². The Balaban J connectivity index is 1.99. The maximum absolute atomic E-state index is 13.1. The van der Waals surface area contributed by atoms with Crippen LogP contribution in [0.5, 0.6) is 5.75 Å². The van der Waals surface area contributed by atoms with Gasteiger partial charge in [-0.1, -0.05) is 0 Å². The predicted molar refractivity (Wildman–Crippen MR) is 76.2 cm³/mol. The molecule has 0 saturated carbocycles. The van der Waals surface area contributed by atoms with Gasteiger partial charge in [0.25, 0.3) is 5.91 Å². The van der Waals surface area contributed by atoms with Crippen molar-refractivity contribution in [2.75, 3.05) is 5.32 Å². The van der Waals surface area contributed by atoms with Crippen LogP contribution in [0.25, 0.3) is 0 Å². The Morgan fingerprint density at radius 3 is 2.45 bits per heavy atom. The Hall–Kier alpha value is -2.94. The van der Waals surface area contributed by atoms with Crippen molar-refractivity contribution in [2.45, 2.75) is 13.0 Å². The molecule has 0 unspecified atom stereocenters. The molecule has 112 valence electrons. The summed E-state index contributed by atoms with van der Waals surface area (Å²) in [6.07, 6.45) is -0.846. The van der Waals surface area contributed by atoms with Crippen molar-refractivity contribution < 1.29 is 18.3 Å². The lowest BCUT2D eigenvalue weighted by Crippen LogP contribution is -2.30. The molecule has 22 heavy (non-hydrogen) atoms. The van der Waals surface area contributed by atoms with E-state index in [0.29, 0.717) is 11.3 Å². The average Bonchev–Trinajstić information content (AvgIpc) is 2.51. The number of anilines is 1. The van der Waals surface area contributed by atoms with E-state index in [9.17, 15) is 13.6 Å². The normalized spacial score (nSPS) is 11.4. The molecule has 1 N–H and O–H groups in total. The summed E-state index contributed by atoms with van der Waals surface area (Å²) in [5, 5.41) is 11.1. The number of benzene rings is 2. The Bertz CT molecular complexity index is 724. The van der Waals surface area contributed by atoms with Gasteiger partial charge >= 0.3 is 0 Å². The molecule has 0 bridgehead atoms. The van der Waals surface area contributed by atoms with E-state index >= 15 is 0 Å². The van der Waals surface area contributed by atoms with Crippen LogP contribution in [0.15, 0.2) is 42.5 Å². The molecule has 4 nitrogen and oxygen atoms in total. The quantitative estimate of drug-likeness (QED) is 0.943. The van der Waals surface area contributed by atoms with Crippen LogP contribution >= 0.6 is 0 Å². The molecule has 1 atom stereocenters. The summed E-state index contributed by atoms with van der Waals surface area (Å²) in [7, 11) is 0. The number of hydrogen-bond donors (Lipinski definition) is 1. The first-order chi connectivity index (χ1) is 10.5. The SMILES string of the molecule is C[C@H](Oc1ccc(C#N)cc1)C(=O)Nc1ccc(F)c(F)c1. The van der Waals surface area contributed by atoms with Crippen molar-refractivity contribution in [1.82, 2.24) is 0 Å². The molecule has 6 heteroatoms. The highest BCUT2D eigenvalue weighted by molar-refractivity contribution is 5.94. The second-order valence-electron chi connectivity index (χ2n) is 4.51. The Labute approximate surface area is 125 Å². The second kappa shape index (κ2) is 6.68. The van der Waals surface area contributed by atoms with Gasteiger partial charge < -0.3 is 10.1 Å². The van der Waals surface area contributed by atoms with E-state index in [4.69, 9.17) is 10.00 Å². The topological polar surface area (TPSA) is 62.1 Å². The Morgan fingerprint density at radius 1 is 1.18 bits per heavy atom. The minimum atomic E-state index is -1.04. The summed E-state index contributed by atoms with van der Waals surface area (Å²) in [5.74, 6) is -2.11. The lowest BCUT2D eigenvalue weighted by molar-refractivity contribution is -0.122. The molecule has 0 aromatic heterocycles. The van der Waals surface area contributed by atoms with Crippen molar-refractivity contribution in [2.24, 2.45) is 0 Å². The number of hydrogen-bond acceptors (Lipinski definition) is 3. The van der Waals surface area contributed by atoms with E-state index in [1.807, 2.05) is 6.07 Å². The number of carbonyl (C=O) groups is 1. The van der Waals surface area contributed by atoms with Crippen molar-refractivity contribution in [1.29, 1.82) is 5.26 Å². The fourth-order valence-corrected chi connectivity index (χ4v) is 1.68. The summed E-state index contributed by atoms with van der Waals surface area (Å²) >= 11 is 0. The van der Waals surface area contributed by atoms with Crippen LogP contribution in [0.3, 0.4) is 0 Å². The minimum absolute atomic E-state index is 0.138. The van der Waals surface area contributed by atoms with E-state index in [1.165, 1.54) is 13.0 Å². The first-order valence-electron chi connectivity index (χ1n) is 6.42. The van der Waals surface area contributed by atoms with E-state index in [2.05, 4.69) is 5.32 Å². The number of carbonyl (C=O) groups excluding carboxylic acids is 1. The third-order valence-electron chi connectivity index (χ3n) is 2.85. The van der Waals surface area contributed by atoms with Gasteiger partial charge in [0, 0.05) is 11.8 Å². The predicted octanol–water partition coefficient (Wildman–Crippen LogP) is 3.24. The zero-order chi connectivity index (χ0) is 16.1. The summed E-state index contributed by atoms with van der Waals surface area (Å²) in [6.45, 7) is 1.52. The highest BCUT2D eigenvalue weighted by Gasteiger charge is 2.15. The second-order valence-corrected chi connectivity index (χ2v) is 4.51. The Kier molecular flexibility index (Phi) is 4.69. The molecular weight excluding hydrogens is 290 g/mol. The number of halogens is 2. The molecule has 0 aliphatic rings. The highest BCUT2D eigenvalue weighted by Crippen LogP contribution is 2.16. The smallest absolute Gasteiger partial charge is 0.265 e. The maximum atomic E-state index is 13.1. The first kappa shape index (κ1) is 15.4. The van der Waals surface area contributed by atoms with Crippen LogP contribution in [0.4, 0.5) is 14.5 Å². The van der Waals surface area contributed by atoms with E-state index < -0.39 is 23.6 Å². The van der Waals surface area contributed by atoms with Crippen LogP contribution in [0, 0.1) is 23.0 Å². The minimum Gasteiger partial charge on any atom is -0.481 e. The standard InChI is InChI=1S/C16H12F2N2O2/c1-10(22-13-5-2-11(9-19)3-6-13)16(21)20-12-4-7-14(17)15(18)8-12/h2-8,10H,1H3,(H,20,21)/t10-/m0/s1. The number of nitrogens with zero attached hydrogens (tertiary/aromatic N) is 1. The van der Waals surface area contributed by atoms with Gasteiger partial charge in [-0.25, -0.2) is 8.78 Å². The fourth-order valence-electron chi connectivity index (χ4n) is 1.68. The van der Waals surface area contributed by atoms with Crippen molar-refractivity contribution in [3.8, 4) is 11.8 Å². The molecule has 2 aromatic carbocycles. The third-order valence-corrected chi connectivity index (χ3v) is 2.85. The molecule has 1 amide bonds. The van der Waals surface area contributed by atoms with Gasteiger partial charge in [0.1, 0.15) is 5.75 Å². The average molecular weight is 302 g/mol. The molecule has 0 heterocycles. The fraction of sp³-hybridized carbons (Fsp3) is 0.125. The Morgan fingerprint density at radius 2 is 1.86 bits per heavy atom. The van der Waals surface area contributed by atoms with Gasteiger partial charge in [-0.3, -0.25) is 4.79 Å². The summed E-state index contributed by atoms with van der Waals surface area (Å²) < 4.78 is 31.3. The zero-order valence-electron chi connectivity index (χ0n) is 11.6. The van der Waals surface area contributed by atoms with Crippen molar-refractivity contribution in [3.63, 3.8) is 0 Å². The van der Waals surface area contributed by atoms with Crippen LogP contribution < -0.4 is 10.1 Å². The van der Waals surface area contributed by atoms with Gasteiger partial charge in [0.15, 0.2) is 17.7 Å². The molecule has 0 spiro atoms. The van der Waals surface area contributed by atoms with E-state index in [1.54, 1.807) is 24.3 Å². The largest absolute Gasteiger partial charge is 0.481 e. The lowest BCUT2D eigenvalue weighted by atomic mass is 10.2. The van der Waals surface area contributed by atoms with Gasteiger partial charge in [-0.05, 0) is 43.3 Å². The summed E-state index contributed by atoms with van der Waals surface area (Å²) in [4.78, 5) is 11.9. The van der Waals surface area contributed by atoms with Gasteiger partial charge in [-0.15, -0.1) is 0 Å². The maximum Gasteiger partial charge on any atom is 0.265 e. The number of nitriles is 1. The molecule has 2 aromatic rings. The third kappa shape index (κ3) is 3.79. The van der Waals surface area contributed by atoms with E-state index in [0.717, 1.165) is 12.1 Å². The molecule has 0 aliphatic carbocycles. The monoisotopic (exact) mass is 302 g/mol. The molecular formula is C16H12F2N2O2. The molecule has 0 saturated heterocycles. The number of amides is 1. The van der Waals surface area contributed by atoms with E-state index in [-0.39, 0.29) is 5.69 Å². The molecule has 0 radical (unpaired) electrons. The van der Waals surface area contributed by atoms with Crippen molar-refractivity contribution in [3.05, 3.63) is 59.7 Å². The summed E-state index contributed by atoms with van der Waals surface area (Å²) in [5.41, 5.74) is 0.616. The molecule has 0 aliphatic heterocycles. The van der Waals surface area contributed by atoms with Crippen LogP contribution in [-0.2, 0) is 4.79 Å². The molecule has 0 fully saturated rings. The van der Waals surface area contributed by atoms with Gasteiger partial charge in [0.2, 0.25) is 0 Å². The number of nitrogens with one attached hydrogen (secondary N) is 1. The number of ether oxygens (including phenoxy) is 1.